The van der Waals surface area contributed by atoms with E-state index in [2.05, 4.69) is 4.98 Å². The van der Waals surface area contributed by atoms with Crippen molar-refractivity contribution in [3.63, 3.8) is 0 Å². The van der Waals surface area contributed by atoms with E-state index in [1.807, 2.05) is 26.8 Å². The van der Waals surface area contributed by atoms with Crippen molar-refractivity contribution in [2.24, 2.45) is 5.92 Å². The summed E-state index contributed by atoms with van der Waals surface area (Å²) in [4.78, 5) is 27.3. The second kappa shape index (κ2) is 6.23. The summed E-state index contributed by atoms with van der Waals surface area (Å²) in [6.07, 6.45) is 0.816. The first kappa shape index (κ1) is 14.3. The molecular weight excluding hydrogens is 232 g/mol. The summed E-state index contributed by atoms with van der Waals surface area (Å²) in [5.74, 6) is -1.02. The fourth-order valence-corrected chi connectivity index (χ4v) is 1.76. The van der Waals surface area contributed by atoms with Crippen molar-refractivity contribution >= 4 is 11.9 Å². The number of aliphatic carboxylic acids is 1. The van der Waals surface area contributed by atoms with Gasteiger partial charge in [0.25, 0.3) is 5.91 Å². The topological polar surface area (TPSA) is 73.4 Å². The number of H-pyrrole nitrogens is 1. The molecule has 0 bridgehead atoms. The number of aromatic amines is 1. The lowest BCUT2D eigenvalue weighted by Crippen LogP contribution is -2.38. The van der Waals surface area contributed by atoms with Crippen LogP contribution < -0.4 is 0 Å². The Labute approximate surface area is 107 Å². The fraction of sp³-hybridized carbons (Fsp3) is 0.538. The van der Waals surface area contributed by atoms with Gasteiger partial charge in [-0.25, -0.2) is 0 Å². The van der Waals surface area contributed by atoms with Gasteiger partial charge in [-0.2, -0.15) is 0 Å². The fourth-order valence-electron chi connectivity index (χ4n) is 1.76. The van der Waals surface area contributed by atoms with Gasteiger partial charge >= 0.3 is 5.97 Å². The zero-order valence-electron chi connectivity index (χ0n) is 11.1. The van der Waals surface area contributed by atoms with E-state index in [0.717, 1.165) is 12.1 Å². The van der Waals surface area contributed by atoms with Crippen LogP contribution in [0.1, 0.15) is 37.0 Å². The number of nitrogens with zero attached hydrogens (tertiary/aromatic N) is 1. The first-order valence-electron chi connectivity index (χ1n) is 6.13. The molecule has 1 aromatic heterocycles. The van der Waals surface area contributed by atoms with Gasteiger partial charge in [-0.05, 0) is 24.5 Å². The number of hydrogen-bond donors (Lipinski definition) is 2. The van der Waals surface area contributed by atoms with Crippen LogP contribution in [0.25, 0.3) is 0 Å². The Bertz CT molecular complexity index is 424. The first-order chi connectivity index (χ1) is 8.43. The van der Waals surface area contributed by atoms with E-state index in [-0.39, 0.29) is 18.4 Å². The van der Waals surface area contributed by atoms with Gasteiger partial charge in [0, 0.05) is 12.2 Å². The Morgan fingerprint density at radius 2 is 2.06 bits per heavy atom. The predicted molar refractivity (Wildman–Crippen MR) is 68.5 cm³/mol. The molecule has 1 amide bonds. The second-order valence-electron chi connectivity index (χ2n) is 4.72. The number of carboxylic acid groups (broad SMARTS) is 1. The predicted octanol–water partition coefficient (Wildman–Crippen LogP) is 1.76. The standard InChI is InChI=1S/C13H20N2O3/c1-4-10-5-6-11(14-10)13(18)15(7-9(2)3)8-12(16)17/h5-6,9,14H,4,7-8H2,1-3H3,(H,16,17). The minimum Gasteiger partial charge on any atom is -0.480 e. The largest absolute Gasteiger partial charge is 0.480 e. The number of hydrogen-bond acceptors (Lipinski definition) is 2. The van der Waals surface area contributed by atoms with Crippen LogP contribution in [0.5, 0.6) is 0 Å². The highest BCUT2D eigenvalue weighted by molar-refractivity contribution is 5.94. The first-order valence-corrected chi connectivity index (χ1v) is 6.13. The lowest BCUT2D eigenvalue weighted by Gasteiger charge is -2.22. The minimum absolute atomic E-state index is 0.230. The van der Waals surface area contributed by atoms with Crippen molar-refractivity contribution in [2.45, 2.75) is 27.2 Å². The number of aromatic nitrogens is 1. The number of carbonyl (C=O) groups is 2. The number of carbonyl (C=O) groups excluding carboxylic acids is 1. The van der Waals surface area contributed by atoms with Gasteiger partial charge in [0.2, 0.25) is 0 Å². The lowest BCUT2D eigenvalue weighted by molar-refractivity contribution is -0.137. The molecule has 0 aliphatic carbocycles. The summed E-state index contributed by atoms with van der Waals surface area (Å²) < 4.78 is 0. The molecule has 1 aromatic rings. The van der Waals surface area contributed by atoms with Gasteiger partial charge < -0.3 is 15.0 Å². The van der Waals surface area contributed by atoms with Gasteiger partial charge in [0.15, 0.2) is 0 Å². The van der Waals surface area contributed by atoms with E-state index in [1.165, 1.54) is 4.90 Å². The quantitative estimate of drug-likeness (QED) is 0.810. The van der Waals surface area contributed by atoms with Gasteiger partial charge in [-0.1, -0.05) is 20.8 Å². The van der Waals surface area contributed by atoms with Crippen molar-refractivity contribution in [3.8, 4) is 0 Å². The number of rotatable bonds is 6. The zero-order chi connectivity index (χ0) is 13.7. The van der Waals surface area contributed by atoms with Crippen molar-refractivity contribution in [1.82, 2.24) is 9.88 Å². The number of aryl methyl sites for hydroxylation is 1. The minimum atomic E-state index is -0.994. The third-order valence-corrected chi connectivity index (χ3v) is 2.56. The summed E-state index contributed by atoms with van der Waals surface area (Å²) >= 11 is 0. The molecule has 100 valence electrons. The molecule has 0 saturated carbocycles. The maximum Gasteiger partial charge on any atom is 0.323 e. The molecule has 0 fully saturated rings. The van der Waals surface area contributed by atoms with Crippen LogP contribution in [-0.2, 0) is 11.2 Å². The summed E-state index contributed by atoms with van der Waals surface area (Å²) in [5, 5.41) is 8.84. The van der Waals surface area contributed by atoms with Gasteiger partial charge in [0.05, 0.1) is 0 Å². The number of nitrogens with one attached hydrogen (secondary N) is 1. The maximum atomic E-state index is 12.2. The molecular formula is C13H20N2O3. The Balaban J connectivity index is 2.83. The smallest absolute Gasteiger partial charge is 0.323 e. The average molecular weight is 252 g/mol. The molecule has 5 nitrogen and oxygen atoms in total. The van der Waals surface area contributed by atoms with Crippen LogP contribution in [0, 0.1) is 5.92 Å². The zero-order valence-corrected chi connectivity index (χ0v) is 11.1. The summed E-state index contributed by atoms with van der Waals surface area (Å²) in [7, 11) is 0. The van der Waals surface area contributed by atoms with Crippen LogP contribution in [0.2, 0.25) is 0 Å². The van der Waals surface area contributed by atoms with E-state index in [1.54, 1.807) is 6.07 Å². The number of amides is 1. The van der Waals surface area contributed by atoms with Crippen LogP contribution in [0.3, 0.4) is 0 Å². The van der Waals surface area contributed by atoms with E-state index in [4.69, 9.17) is 5.11 Å². The third kappa shape index (κ3) is 3.91. The van der Waals surface area contributed by atoms with Crippen molar-refractivity contribution in [1.29, 1.82) is 0 Å². The summed E-state index contributed by atoms with van der Waals surface area (Å²) in [5.41, 5.74) is 1.42. The molecule has 0 unspecified atom stereocenters. The average Bonchev–Trinajstić information content (AvgIpc) is 2.74. The normalized spacial score (nSPS) is 10.7. The van der Waals surface area contributed by atoms with Gasteiger partial charge in [-0.15, -0.1) is 0 Å². The molecule has 1 rings (SSSR count). The molecule has 0 spiro atoms. The van der Waals surface area contributed by atoms with Gasteiger partial charge in [0.1, 0.15) is 12.2 Å². The Morgan fingerprint density at radius 3 is 2.50 bits per heavy atom. The Hall–Kier alpha value is -1.78. The molecule has 1 heterocycles. The Morgan fingerprint density at radius 1 is 1.39 bits per heavy atom. The number of carboxylic acids is 1. The molecule has 0 atom stereocenters. The van der Waals surface area contributed by atoms with E-state index >= 15 is 0 Å². The van der Waals surface area contributed by atoms with Crippen LogP contribution >= 0.6 is 0 Å². The monoisotopic (exact) mass is 252 g/mol. The summed E-state index contributed by atoms with van der Waals surface area (Å²) in [6, 6.07) is 3.55. The van der Waals surface area contributed by atoms with E-state index < -0.39 is 5.97 Å². The highest BCUT2D eigenvalue weighted by atomic mass is 16.4. The molecule has 0 aliphatic heterocycles. The lowest BCUT2D eigenvalue weighted by atomic mass is 10.2. The van der Waals surface area contributed by atoms with Crippen LogP contribution in [0.15, 0.2) is 12.1 Å². The van der Waals surface area contributed by atoms with E-state index in [9.17, 15) is 9.59 Å². The molecule has 18 heavy (non-hydrogen) atoms. The summed E-state index contributed by atoms with van der Waals surface area (Å²) in [6.45, 7) is 6.06. The molecule has 0 radical (unpaired) electrons. The van der Waals surface area contributed by atoms with Crippen LogP contribution in [0.4, 0.5) is 0 Å². The van der Waals surface area contributed by atoms with Crippen molar-refractivity contribution < 1.29 is 14.7 Å². The Kier molecular flexibility index (Phi) is 4.95. The van der Waals surface area contributed by atoms with Crippen LogP contribution in [-0.4, -0.2) is 40.0 Å². The highest BCUT2D eigenvalue weighted by Crippen LogP contribution is 2.08. The molecule has 0 saturated heterocycles. The van der Waals surface area contributed by atoms with Crippen molar-refractivity contribution in [3.05, 3.63) is 23.5 Å². The molecule has 2 N–H and O–H groups in total. The third-order valence-electron chi connectivity index (χ3n) is 2.56. The molecule has 0 aromatic carbocycles. The SMILES string of the molecule is CCc1ccc(C(=O)N(CC(=O)O)CC(C)C)[nH]1. The maximum absolute atomic E-state index is 12.2. The van der Waals surface area contributed by atoms with Crippen molar-refractivity contribution in [2.75, 3.05) is 13.1 Å². The molecule has 0 aliphatic rings. The highest BCUT2D eigenvalue weighted by Gasteiger charge is 2.20. The molecule has 5 heteroatoms. The second-order valence-corrected chi connectivity index (χ2v) is 4.72. The van der Waals surface area contributed by atoms with Gasteiger partial charge in [-0.3, -0.25) is 9.59 Å². The van der Waals surface area contributed by atoms with E-state index in [0.29, 0.717) is 12.2 Å².